The molecule has 4 nitrogen and oxygen atoms in total. The van der Waals surface area contributed by atoms with Gasteiger partial charge in [0.25, 0.3) is 5.91 Å². The van der Waals surface area contributed by atoms with Gasteiger partial charge in [-0.2, -0.15) is 13.2 Å². The van der Waals surface area contributed by atoms with Crippen LogP contribution in [0.15, 0.2) is 24.3 Å². The van der Waals surface area contributed by atoms with Crippen molar-refractivity contribution in [1.29, 1.82) is 0 Å². The minimum atomic E-state index is -4.39. The third-order valence-corrected chi connectivity index (χ3v) is 3.57. The lowest BCUT2D eigenvalue weighted by molar-refractivity contribution is -0.137. The van der Waals surface area contributed by atoms with Gasteiger partial charge in [-0.1, -0.05) is 0 Å². The number of nitrogens with one attached hydrogen (secondary N) is 1. The SMILES string of the molecule is CN1CCOC[C@H](CNC(=O)c2ccc(C(F)(F)F)cc2)C1. The van der Waals surface area contributed by atoms with Crippen molar-refractivity contribution in [3.05, 3.63) is 35.4 Å². The Labute approximate surface area is 127 Å². The van der Waals surface area contributed by atoms with Gasteiger partial charge < -0.3 is 15.0 Å². The maximum atomic E-state index is 12.5. The van der Waals surface area contributed by atoms with E-state index in [4.69, 9.17) is 4.74 Å². The van der Waals surface area contributed by atoms with Crippen LogP contribution in [0, 0.1) is 5.92 Å². The van der Waals surface area contributed by atoms with Gasteiger partial charge in [0.1, 0.15) is 0 Å². The Morgan fingerprint density at radius 1 is 1.36 bits per heavy atom. The Morgan fingerprint density at radius 2 is 2.05 bits per heavy atom. The van der Waals surface area contributed by atoms with E-state index in [1.165, 1.54) is 12.1 Å². The molecule has 0 saturated carbocycles. The van der Waals surface area contributed by atoms with Gasteiger partial charge in [-0.3, -0.25) is 4.79 Å². The molecule has 0 aliphatic carbocycles. The Bertz CT molecular complexity index is 503. The number of hydrogen-bond acceptors (Lipinski definition) is 3. The van der Waals surface area contributed by atoms with Crippen molar-refractivity contribution in [3.8, 4) is 0 Å². The summed E-state index contributed by atoms with van der Waals surface area (Å²) in [6.07, 6.45) is -4.39. The van der Waals surface area contributed by atoms with E-state index in [0.717, 1.165) is 25.2 Å². The highest BCUT2D eigenvalue weighted by Crippen LogP contribution is 2.29. The number of nitrogens with zero attached hydrogens (tertiary/aromatic N) is 1. The second-order valence-corrected chi connectivity index (χ2v) is 5.49. The van der Waals surface area contributed by atoms with Crippen LogP contribution >= 0.6 is 0 Å². The molecule has 1 aromatic rings. The van der Waals surface area contributed by atoms with Gasteiger partial charge >= 0.3 is 6.18 Å². The first kappa shape index (κ1) is 16.8. The highest BCUT2D eigenvalue weighted by molar-refractivity contribution is 5.94. The van der Waals surface area contributed by atoms with Crippen molar-refractivity contribution in [2.45, 2.75) is 6.18 Å². The molecule has 1 aliphatic rings. The average Bonchev–Trinajstić information content (AvgIpc) is 2.68. The van der Waals surface area contributed by atoms with Crippen molar-refractivity contribution < 1.29 is 22.7 Å². The summed E-state index contributed by atoms with van der Waals surface area (Å²) < 4.78 is 42.9. The van der Waals surface area contributed by atoms with Crippen molar-refractivity contribution in [1.82, 2.24) is 10.2 Å². The number of hydrogen-bond donors (Lipinski definition) is 1. The van der Waals surface area contributed by atoms with Crippen LogP contribution in [-0.2, 0) is 10.9 Å². The van der Waals surface area contributed by atoms with E-state index in [0.29, 0.717) is 19.8 Å². The van der Waals surface area contributed by atoms with E-state index < -0.39 is 11.7 Å². The molecule has 0 unspecified atom stereocenters. The third kappa shape index (κ3) is 4.71. The largest absolute Gasteiger partial charge is 0.416 e. The van der Waals surface area contributed by atoms with Gasteiger partial charge in [0, 0.05) is 31.1 Å². The maximum absolute atomic E-state index is 12.5. The summed E-state index contributed by atoms with van der Waals surface area (Å²) in [5.74, 6) is -0.202. The van der Waals surface area contributed by atoms with Crippen molar-refractivity contribution in [3.63, 3.8) is 0 Å². The van der Waals surface area contributed by atoms with E-state index in [1.807, 2.05) is 7.05 Å². The van der Waals surface area contributed by atoms with E-state index in [9.17, 15) is 18.0 Å². The van der Waals surface area contributed by atoms with Crippen LogP contribution in [0.1, 0.15) is 15.9 Å². The number of benzene rings is 1. The van der Waals surface area contributed by atoms with Gasteiger partial charge in [-0.15, -0.1) is 0 Å². The number of rotatable bonds is 3. The maximum Gasteiger partial charge on any atom is 0.416 e. The summed E-state index contributed by atoms with van der Waals surface area (Å²) in [5.41, 5.74) is -0.543. The standard InChI is InChI=1S/C15H19F3N2O2/c1-20-6-7-22-10-11(9-20)8-19-14(21)12-2-4-13(5-3-12)15(16,17)18/h2-5,11H,6-10H2,1H3,(H,19,21)/t11-/m1/s1. The number of carbonyl (C=O) groups excluding carboxylic acids is 1. The Hall–Kier alpha value is -1.60. The number of amides is 1. The summed E-state index contributed by atoms with van der Waals surface area (Å²) in [4.78, 5) is 14.1. The predicted octanol–water partition coefficient (Wildman–Crippen LogP) is 2.01. The fourth-order valence-electron chi connectivity index (χ4n) is 2.33. The zero-order valence-corrected chi connectivity index (χ0v) is 12.3. The summed E-state index contributed by atoms with van der Waals surface area (Å²) in [7, 11) is 1.99. The topological polar surface area (TPSA) is 41.6 Å². The smallest absolute Gasteiger partial charge is 0.380 e. The lowest BCUT2D eigenvalue weighted by Gasteiger charge is -2.19. The van der Waals surface area contributed by atoms with Gasteiger partial charge in [0.05, 0.1) is 18.8 Å². The van der Waals surface area contributed by atoms with Crippen molar-refractivity contribution in [2.75, 3.05) is 39.9 Å². The van der Waals surface area contributed by atoms with Crippen LogP contribution in [0.25, 0.3) is 0 Å². The quantitative estimate of drug-likeness (QED) is 0.927. The molecule has 122 valence electrons. The monoisotopic (exact) mass is 316 g/mol. The zero-order valence-electron chi connectivity index (χ0n) is 12.3. The molecule has 0 spiro atoms. The fraction of sp³-hybridized carbons (Fsp3) is 0.533. The van der Waals surface area contributed by atoms with E-state index >= 15 is 0 Å². The lowest BCUT2D eigenvalue weighted by Crippen LogP contribution is -2.35. The molecule has 1 N–H and O–H groups in total. The molecule has 1 fully saturated rings. The van der Waals surface area contributed by atoms with Crippen molar-refractivity contribution >= 4 is 5.91 Å². The fourth-order valence-corrected chi connectivity index (χ4v) is 2.33. The van der Waals surface area contributed by atoms with Gasteiger partial charge in [-0.05, 0) is 31.3 Å². The van der Waals surface area contributed by atoms with Crippen LogP contribution in [0.4, 0.5) is 13.2 Å². The Kier molecular flexibility index (Phi) is 5.42. The third-order valence-electron chi connectivity index (χ3n) is 3.57. The molecule has 1 saturated heterocycles. The first-order chi connectivity index (χ1) is 10.4. The van der Waals surface area contributed by atoms with Gasteiger partial charge in [-0.25, -0.2) is 0 Å². The normalized spacial score (nSPS) is 20.5. The molecule has 0 radical (unpaired) electrons. The molecular weight excluding hydrogens is 297 g/mol. The molecule has 1 amide bonds. The van der Waals surface area contributed by atoms with Gasteiger partial charge in [0.2, 0.25) is 0 Å². The molecule has 2 rings (SSSR count). The first-order valence-electron chi connectivity index (χ1n) is 7.08. The van der Waals surface area contributed by atoms with Crippen molar-refractivity contribution in [2.24, 2.45) is 5.92 Å². The number of likely N-dealkylation sites (N-methyl/N-ethyl adjacent to an activating group) is 1. The van der Waals surface area contributed by atoms with E-state index in [-0.39, 0.29) is 17.4 Å². The molecule has 1 atom stereocenters. The second kappa shape index (κ2) is 7.11. The molecule has 1 heterocycles. The zero-order chi connectivity index (χ0) is 16.2. The molecule has 1 aromatic carbocycles. The Morgan fingerprint density at radius 3 is 2.68 bits per heavy atom. The molecule has 0 aromatic heterocycles. The Balaban J connectivity index is 1.89. The van der Waals surface area contributed by atoms with Crippen LogP contribution in [0.2, 0.25) is 0 Å². The lowest BCUT2D eigenvalue weighted by atomic mass is 10.1. The molecule has 1 aliphatic heterocycles. The number of halogens is 3. The number of ether oxygens (including phenoxy) is 1. The summed E-state index contributed by atoms with van der Waals surface area (Å²) in [6, 6.07) is 4.21. The highest BCUT2D eigenvalue weighted by atomic mass is 19.4. The highest BCUT2D eigenvalue weighted by Gasteiger charge is 2.30. The molecular formula is C15H19F3N2O2. The van der Waals surface area contributed by atoms with E-state index in [2.05, 4.69) is 10.2 Å². The number of alkyl halides is 3. The number of carbonyl (C=O) groups is 1. The van der Waals surface area contributed by atoms with Crippen LogP contribution in [0.5, 0.6) is 0 Å². The minimum Gasteiger partial charge on any atom is -0.380 e. The van der Waals surface area contributed by atoms with E-state index in [1.54, 1.807) is 0 Å². The van der Waals surface area contributed by atoms with Crippen LogP contribution < -0.4 is 5.32 Å². The molecule has 22 heavy (non-hydrogen) atoms. The second-order valence-electron chi connectivity index (χ2n) is 5.49. The first-order valence-corrected chi connectivity index (χ1v) is 7.08. The van der Waals surface area contributed by atoms with Crippen LogP contribution in [0.3, 0.4) is 0 Å². The average molecular weight is 316 g/mol. The van der Waals surface area contributed by atoms with Crippen LogP contribution in [-0.4, -0.2) is 50.7 Å². The summed E-state index contributed by atoms with van der Waals surface area (Å²) in [6.45, 7) is 3.33. The molecule has 7 heteroatoms. The van der Waals surface area contributed by atoms with Gasteiger partial charge in [0.15, 0.2) is 0 Å². The minimum absolute atomic E-state index is 0.172. The molecule has 0 bridgehead atoms. The summed E-state index contributed by atoms with van der Waals surface area (Å²) >= 11 is 0. The summed E-state index contributed by atoms with van der Waals surface area (Å²) in [5, 5.41) is 2.75. The predicted molar refractivity (Wildman–Crippen MR) is 75.6 cm³/mol.